The zero-order valence-corrected chi connectivity index (χ0v) is 11.2. The van der Waals surface area contributed by atoms with Crippen LogP contribution in [-0.4, -0.2) is 40.5 Å². The highest BCUT2D eigenvalue weighted by atomic mass is 15.2. The number of hydrogen-bond donors (Lipinski definition) is 2. The van der Waals surface area contributed by atoms with Gasteiger partial charge in [-0.1, -0.05) is 13.8 Å². The third-order valence-corrected chi connectivity index (χ3v) is 2.69. The van der Waals surface area contributed by atoms with Gasteiger partial charge in [0, 0.05) is 24.3 Å². The molecule has 17 heavy (non-hydrogen) atoms. The van der Waals surface area contributed by atoms with Crippen molar-refractivity contribution in [2.45, 2.75) is 33.7 Å². The van der Waals surface area contributed by atoms with Gasteiger partial charge in [0.15, 0.2) is 0 Å². The SMILES string of the molecule is CCN(CC)CC(C)Nc1cc(C)nc(N)n1. The van der Waals surface area contributed by atoms with E-state index in [9.17, 15) is 0 Å². The second kappa shape index (κ2) is 6.39. The van der Waals surface area contributed by atoms with Crippen LogP contribution in [0, 0.1) is 6.92 Å². The molecule has 0 radical (unpaired) electrons. The molecule has 0 saturated heterocycles. The Kier molecular flexibility index (Phi) is 5.15. The van der Waals surface area contributed by atoms with E-state index in [0.717, 1.165) is 31.1 Å². The summed E-state index contributed by atoms with van der Waals surface area (Å²) in [5.74, 6) is 1.12. The Balaban J connectivity index is 2.58. The Labute approximate surface area is 103 Å². The van der Waals surface area contributed by atoms with Gasteiger partial charge in [-0.15, -0.1) is 0 Å². The minimum absolute atomic E-state index is 0.322. The lowest BCUT2D eigenvalue weighted by atomic mass is 10.3. The predicted molar refractivity (Wildman–Crippen MR) is 72.1 cm³/mol. The molecule has 1 rings (SSSR count). The Morgan fingerprint density at radius 3 is 2.53 bits per heavy atom. The maximum Gasteiger partial charge on any atom is 0.222 e. The normalized spacial score (nSPS) is 12.8. The van der Waals surface area contributed by atoms with Crippen molar-refractivity contribution in [3.8, 4) is 0 Å². The van der Waals surface area contributed by atoms with E-state index in [1.54, 1.807) is 0 Å². The van der Waals surface area contributed by atoms with Crippen molar-refractivity contribution in [2.24, 2.45) is 0 Å². The molecule has 1 unspecified atom stereocenters. The van der Waals surface area contributed by atoms with Crippen molar-refractivity contribution in [2.75, 3.05) is 30.7 Å². The van der Waals surface area contributed by atoms with Gasteiger partial charge in [-0.25, -0.2) is 4.98 Å². The molecule has 1 aromatic rings. The topological polar surface area (TPSA) is 67.1 Å². The first-order chi connectivity index (χ1) is 8.05. The van der Waals surface area contributed by atoms with E-state index >= 15 is 0 Å². The standard InChI is InChI=1S/C12H23N5/c1-5-17(6-2)8-10(4)14-11-7-9(3)15-12(13)16-11/h7,10H,5-6,8H2,1-4H3,(H3,13,14,15,16). The van der Waals surface area contributed by atoms with Crippen LogP contribution in [0.4, 0.5) is 11.8 Å². The molecule has 0 amide bonds. The molecule has 0 fully saturated rings. The monoisotopic (exact) mass is 237 g/mol. The van der Waals surface area contributed by atoms with Gasteiger partial charge in [-0.3, -0.25) is 0 Å². The number of hydrogen-bond acceptors (Lipinski definition) is 5. The molecule has 0 aliphatic rings. The number of nitrogens with one attached hydrogen (secondary N) is 1. The van der Waals surface area contributed by atoms with Crippen molar-refractivity contribution >= 4 is 11.8 Å². The Morgan fingerprint density at radius 2 is 2.00 bits per heavy atom. The van der Waals surface area contributed by atoms with E-state index < -0.39 is 0 Å². The summed E-state index contributed by atoms with van der Waals surface area (Å²) in [6, 6.07) is 2.25. The predicted octanol–water partition coefficient (Wildman–Crippen LogP) is 1.51. The van der Waals surface area contributed by atoms with Crippen molar-refractivity contribution in [3.05, 3.63) is 11.8 Å². The van der Waals surface area contributed by atoms with Crippen molar-refractivity contribution in [1.82, 2.24) is 14.9 Å². The number of nitrogen functional groups attached to an aromatic ring is 1. The molecule has 0 saturated carbocycles. The van der Waals surface area contributed by atoms with Crippen LogP contribution >= 0.6 is 0 Å². The van der Waals surface area contributed by atoms with E-state index in [1.165, 1.54) is 0 Å². The van der Waals surface area contributed by atoms with Crippen molar-refractivity contribution in [1.29, 1.82) is 0 Å². The first-order valence-electron chi connectivity index (χ1n) is 6.15. The fourth-order valence-corrected chi connectivity index (χ4v) is 1.83. The van der Waals surface area contributed by atoms with Crippen molar-refractivity contribution in [3.63, 3.8) is 0 Å². The molecule has 1 aromatic heterocycles. The third-order valence-electron chi connectivity index (χ3n) is 2.69. The van der Waals surface area contributed by atoms with Gasteiger partial charge < -0.3 is 16.0 Å². The number of rotatable bonds is 6. The van der Waals surface area contributed by atoms with E-state index in [2.05, 4.69) is 41.0 Å². The number of aryl methyl sites for hydroxylation is 1. The molecular weight excluding hydrogens is 214 g/mol. The van der Waals surface area contributed by atoms with Crippen LogP contribution in [0.25, 0.3) is 0 Å². The first-order valence-corrected chi connectivity index (χ1v) is 6.15. The summed E-state index contributed by atoms with van der Waals surface area (Å²) in [5.41, 5.74) is 6.50. The van der Waals surface area contributed by atoms with Crippen LogP contribution in [0.5, 0.6) is 0 Å². The summed E-state index contributed by atoms with van der Waals surface area (Å²) >= 11 is 0. The average molecular weight is 237 g/mol. The number of likely N-dealkylation sites (N-methyl/N-ethyl adjacent to an activating group) is 1. The van der Waals surface area contributed by atoms with E-state index in [-0.39, 0.29) is 0 Å². The smallest absolute Gasteiger partial charge is 0.222 e. The second-order valence-electron chi connectivity index (χ2n) is 4.28. The van der Waals surface area contributed by atoms with Gasteiger partial charge in [0.25, 0.3) is 0 Å². The molecule has 5 nitrogen and oxygen atoms in total. The number of anilines is 2. The lowest BCUT2D eigenvalue weighted by Crippen LogP contribution is -2.35. The van der Waals surface area contributed by atoms with Crippen LogP contribution < -0.4 is 11.1 Å². The van der Waals surface area contributed by atoms with Crippen LogP contribution in [0.1, 0.15) is 26.5 Å². The average Bonchev–Trinajstić information content (AvgIpc) is 2.24. The van der Waals surface area contributed by atoms with Gasteiger partial charge >= 0.3 is 0 Å². The highest BCUT2D eigenvalue weighted by Crippen LogP contribution is 2.09. The van der Waals surface area contributed by atoms with E-state index in [0.29, 0.717) is 12.0 Å². The summed E-state index contributed by atoms with van der Waals surface area (Å²) in [4.78, 5) is 10.6. The minimum atomic E-state index is 0.322. The van der Waals surface area contributed by atoms with E-state index in [4.69, 9.17) is 5.73 Å². The summed E-state index contributed by atoms with van der Waals surface area (Å²) in [7, 11) is 0. The molecule has 0 aromatic carbocycles. The Morgan fingerprint density at radius 1 is 1.35 bits per heavy atom. The van der Waals surface area contributed by atoms with Crippen LogP contribution in [0.3, 0.4) is 0 Å². The van der Waals surface area contributed by atoms with Gasteiger partial charge in [0.1, 0.15) is 5.82 Å². The summed E-state index contributed by atoms with van der Waals surface area (Å²) in [6.07, 6.45) is 0. The van der Waals surface area contributed by atoms with E-state index in [1.807, 2.05) is 13.0 Å². The zero-order chi connectivity index (χ0) is 12.8. The third kappa shape index (κ3) is 4.56. The lowest BCUT2D eigenvalue weighted by Gasteiger charge is -2.23. The maximum atomic E-state index is 5.62. The number of nitrogens with two attached hydrogens (primary N) is 1. The summed E-state index contributed by atoms with van der Waals surface area (Å²) in [6.45, 7) is 11.5. The molecule has 0 aliphatic heterocycles. The number of nitrogens with zero attached hydrogens (tertiary/aromatic N) is 3. The maximum absolute atomic E-state index is 5.62. The van der Waals surface area contributed by atoms with Gasteiger partial charge in [0.05, 0.1) is 0 Å². The van der Waals surface area contributed by atoms with Crippen LogP contribution in [-0.2, 0) is 0 Å². The highest BCUT2D eigenvalue weighted by Gasteiger charge is 2.08. The van der Waals surface area contributed by atoms with Gasteiger partial charge in [0.2, 0.25) is 5.95 Å². The Bertz CT molecular complexity index is 328. The van der Waals surface area contributed by atoms with Crippen LogP contribution in [0.15, 0.2) is 6.07 Å². The van der Waals surface area contributed by atoms with Gasteiger partial charge in [-0.2, -0.15) is 4.98 Å². The van der Waals surface area contributed by atoms with Crippen LogP contribution in [0.2, 0.25) is 0 Å². The fraction of sp³-hybridized carbons (Fsp3) is 0.667. The minimum Gasteiger partial charge on any atom is -0.368 e. The molecule has 1 heterocycles. The molecule has 5 heteroatoms. The molecule has 1 atom stereocenters. The Hall–Kier alpha value is -1.36. The molecule has 96 valence electrons. The quantitative estimate of drug-likeness (QED) is 0.785. The molecule has 0 spiro atoms. The molecular formula is C12H23N5. The first kappa shape index (κ1) is 13.7. The summed E-state index contributed by atoms with van der Waals surface area (Å²) < 4.78 is 0. The highest BCUT2D eigenvalue weighted by molar-refractivity contribution is 5.40. The summed E-state index contributed by atoms with van der Waals surface area (Å²) in [5, 5.41) is 3.35. The number of aromatic nitrogens is 2. The molecule has 0 aliphatic carbocycles. The second-order valence-corrected chi connectivity index (χ2v) is 4.28. The van der Waals surface area contributed by atoms with Gasteiger partial charge in [-0.05, 0) is 26.9 Å². The fourth-order valence-electron chi connectivity index (χ4n) is 1.83. The zero-order valence-electron chi connectivity index (χ0n) is 11.2. The van der Waals surface area contributed by atoms with Crippen molar-refractivity contribution < 1.29 is 0 Å². The molecule has 0 bridgehead atoms. The lowest BCUT2D eigenvalue weighted by molar-refractivity contribution is 0.294. The largest absolute Gasteiger partial charge is 0.368 e. The molecule has 3 N–H and O–H groups in total.